The fraction of sp³-hybridized carbons (Fsp3) is 0.417. The van der Waals surface area contributed by atoms with Gasteiger partial charge in [-0.25, -0.2) is 0 Å². The van der Waals surface area contributed by atoms with E-state index in [1.54, 1.807) is 0 Å². The molecule has 0 saturated heterocycles. The van der Waals surface area contributed by atoms with Gasteiger partial charge in [0.15, 0.2) is 0 Å². The van der Waals surface area contributed by atoms with Gasteiger partial charge in [0.2, 0.25) is 0 Å². The Hall–Kier alpha value is -1.11. The highest BCUT2D eigenvalue weighted by Crippen LogP contribution is 2.24. The van der Waals surface area contributed by atoms with Crippen molar-refractivity contribution in [2.75, 3.05) is 0 Å². The van der Waals surface area contributed by atoms with Crippen molar-refractivity contribution in [2.45, 2.75) is 32.1 Å². The van der Waals surface area contributed by atoms with Crippen molar-refractivity contribution in [3.8, 4) is 0 Å². The fourth-order valence-corrected chi connectivity index (χ4v) is 1.88. The van der Waals surface area contributed by atoms with Gasteiger partial charge in [-0.05, 0) is 36.8 Å². The number of allylic oxidation sites excluding steroid dienone is 2. The lowest BCUT2D eigenvalue weighted by molar-refractivity contribution is 0.657. The molecule has 2 rings (SSSR count). The van der Waals surface area contributed by atoms with Crippen LogP contribution in [0.15, 0.2) is 30.5 Å². The Morgan fingerprint density at radius 2 is 2.31 bits per heavy atom. The van der Waals surface area contributed by atoms with E-state index in [-0.39, 0.29) is 0 Å². The molecular formula is C12H15N. The first-order chi connectivity index (χ1) is 6.38. The van der Waals surface area contributed by atoms with Crippen LogP contribution < -0.4 is 0 Å². The van der Waals surface area contributed by atoms with Gasteiger partial charge in [-0.3, -0.25) is 4.98 Å². The second-order valence-corrected chi connectivity index (χ2v) is 3.70. The molecular weight excluding hydrogens is 158 g/mol. The molecule has 68 valence electrons. The van der Waals surface area contributed by atoms with E-state index in [1.807, 2.05) is 12.3 Å². The van der Waals surface area contributed by atoms with Crippen LogP contribution in [0.3, 0.4) is 0 Å². The van der Waals surface area contributed by atoms with Gasteiger partial charge in [0.1, 0.15) is 0 Å². The summed E-state index contributed by atoms with van der Waals surface area (Å²) in [6, 6.07) is 4.22. The standard InChI is InChI=1S/C12H15N/c1-10-6-3-2-4-7-11-8-5-9-13-12(10)11/h2,4-5,8-10H,3,6-7H2,1H3/b4-2-. The van der Waals surface area contributed by atoms with Crippen LogP contribution in [-0.2, 0) is 6.42 Å². The second-order valence-electron chi connectivity index (χ2n) is 3.70. The van der Waals surface area contributed by atoms with Gasteiger partial charge in [0, 0.05) is 11.9 Å². The first kappa shape index (κ1) is 8.49. The van der Waals surface area contributed by atoms with Gasteiger partial charge in [-0.1, -0.05) is 25.1 Å². The molecule has 1 aliphatic rings. The highest BCUT2D eigenvalue weighted by molar-refractivity contribution is 5.26. The lowest BCUT2D eigenvalue weighted by Gasteiger charge is -2.15. The van der Waals surface area contributed by atoms with E-state index in [0.717, 1.165) is 6.42 Å². The average molecular weight is 173 g/mol. The Kier molecular flexibility index (Phi) is 2.44. The molecule has 0 fully saturated rings. The summed E-state index contributed by atoms with van der Waals surface area (Å²) >= 11 is 0. The number of aromatic nitrogens is 1. The summed E-state index contributed by atoms with van der Waals surface area (Å²) in [5.74, 6) is 0.612. The fourth-order valence-electron chi connectivity index (χ4n) is 1.88. The molecule has 0 aromatic carbocycles. The van der Waals surface area contributed by atoms with Crippen molar-refractivity contribution in [1.29, 1.82) is 0 Å². The summed E-state index contributed by atoms with van der Waals surface area (Å²) in [5, 5.41) is 0. The zero-order valence-electron chi connectivity index (χ0n) is 8.03. The zero-order valence-corrected chi connectivity index (χ0v) is 8.03. The largest absolute Gasteiger partial charge is 0.261 e. The average Bonchev–Trinajstić information content (AvgIpc) is 2.14. The number of nitrogens with zero attached hydrogens (tertiary/aromatic N) is 1. The molecule has 1 aromatic heterocycles. The quantitative estimate of drug-likeness (QED) is 0.549. The summed E-state index contributed by atoms with van der Waals surface area (Å²) in [4.78, 5) is 4.47. The normalized spacial score (nSPS) is 24.2. The molecule has 0 aliphatic heterocycles. The van der Waals surface area contributed by atoms with E-state index in [4.69, 9.17) is 0 Å². The highest BCUT2D eigenvalue weighted by atomic mass is 14.7. The number of rotatable bonds is 0. The molecule has 1 atom stereocenters. The third-order valence-corrected chi connectivity index (χ3v) is 2.66. The van der Waals surface area contributed by atoms with Crippen molar-refractivity contribution >= 4 is 0 Å². The minimum Gasteiger partial charge on any atom is -0.261 e. The molecule has 0 spiro atoms. The molecule has 0 amide bonds. The second kappa shape index (κ2) is 3.73. The zero-order chi connectivity index (χ0) is 9.10. The molecule has 1 nitrogen and oxygen atoms in total. The molecule has 1 heterocycles. The molecule has 1 heteroatoms. The number of hydrogen-bond acceptors (Lipinski definition) is 1. The molecule has 0 radical (unpaired) electrons. The summed E-state index contributed by atoms with van der Waals surface area (Å²) in [7, 11) is 0. The van der Waals surface area contributed by atoms with Gasteiger partial charge in [0.25, 0.3) is 0 Å². The predicted octanol–water partition coefficient (Wildman–Crippen LogP) is 3.08. The summed E-state index contributed by atoms with van der Waals surface area (Å²) in [5.41, 5.74) is 2.69. The molecule has 0 N–H and O–H groups in total. The summed E-state index contributed by atoms with van der Waals surface area (Å²) in [6.45, 7) is 2.27. The molecule has 1 aliphatic carbocycles. The van der Waals surface area contributed by atoms with Crippen LogP contribution in [0.1, 0.15) is 36.9 Å². The van der Waals surface area contributed by atoms with Crippen molar-refractivity contribution in [3.63, 3.8) is 0 Å². The molecule has 0 bridgehead atoms. The number of hydrogen-bond donors (Lipinski definition) is 0. The molecule has 13 heavy (non-hydrogen) atoms. The van der Waals surface area contributed by atoms with E-state index >= 15 is 0 Å². The van der Waals surface area contributed by atoms with Gasteiger partial charge in [-0.15, -0.1) is 0 Å². The van der Waals surface area contributed by atoms with Crippen LogP contribution in [0.5, 0.6) is 0 Å². The maximum Gasteiger partial charge on any atom is 0.0466 e. The van der Waals surface area contributed by atoms with Crippen LogP contribution in [0, 0.1) is 0 Å². The monoisotopic (exact) mass is 173 g/mol. The van der Waals surface area contributed by atoms with Crippen LogP contribution in [0.4, 0.5) is 0 Å². The Balaban J connectivity index is 2.39. The minimum absolute atomic E-state index is 0.612. The Labute approximate surface area is 79.5 Å². The van der Waals surface area contributed by atoms with Gasteiger partial charge in [-0.2, -0.15) is 0 Å². The maximum atomic E-state index is 4.47. The Morgan fingerprint density at radius 1 is 1.38 bits per heavy atom. The Morgan fingerprint density at radius 3 is 3.23 bits per heavy atom. The highest BCUT2D eigenvalue weighted by Gasteiger charge is 2.11. The maximum absolute atomic E-state index is 4.47. The van der Waals surface area contributed by atoms with Gasteiger partial charge < -0.3 is 0 Å². The molecule has 0 saturated carbocycles. The minimum atomic E-state index is 0.612. The van der Waals surface area contributed by atoms with Crippen molar-refractivity contribution in [1.82, 2.24) is 4.98 Å². The predicted molar refractivity (Wildman–Crippen MR) is 54.7 cm³/mol. The van der Waals surface area contributed by atoms with Crippen LogP contribution in [0.2, 0.25) is 0 Å². The lowest BCUT2D eigenvalue weighted by atomic mass is 9.93. The van der Waals surface area contributed by atoms with Crippen molar-refractivity contribution in [2.24, 2.45) is 0 Å². The third-order valence-electron chi connectivity index (χ3n) is 2.66. The van der Waals surface area contributed by atoms with Gasteiger partial charge in [0.05, 0.1) is 0 Å². The topological polar surface area (TPSA) is 12.9 Å². The smallest absolute Gasteiger partial charge is 0.0466 e. The van der Waals surface area contributed by atoms with E-state index < -0.39 is 0 Å². The van der Waals surface area contributed by atoms with E-state index in [2.05, 4.69) is 30.1 Å². The number of fused-ring (bicyclic) bond motifs is 1. The summed E-state index contributed by atoms with van der Waals surface area (Å²) in [6.07, 6.45) is 9.91. The first-order valence-electron chi connectivity index (χ1n) is 4.96. The van der Waals surface area contributed by atoms with E-state index in [9.17, 15) is 0 Å². The Bertz CT molecular complexity index is 315. The molecule has 1 aromatic rings. The lowest BCUT2D eigenvalue weighted by Crippen LogP contribution is -2.03. The van der Waals surface area contributed by atoms with Crippen LogP contribution in [-0.4, -0.2) is 4.98 Å². The first-order valence-corrected chi connectivity index (χ1v) is 4.96. The van der Waals surface area contributed by atoms with Crippen molar-refractivity contribution < 1.29 is 0 Å². The summed E-state index contributed by atoms with van der Waals surface area (Å²) < 4.78 is 0. The molecule has 1 unspecified atom stereocenters. The number of pyridine rings is 1. The van der Waals surface area contributed by atoms with Gasteiger partial charge >= 0.3 is 0 Å². The van der Waals surface area contributed by atoms with Crippen LogP contribution >= 0.6 is 0 Å². The van der Waals surface area contributed by atoms with Crippen molar-refractivity contribution in [3.05, 3.63) is 41.7 Å². The third kappa shape index (κ3) is 1.80. The van der Waals surface area contributed by atoms with E-state index in [0.29, 0.717) is 5.92 Å². The SMILES string of the molecule is CC1CC/C=C\Cc2cccnc21. The van der Waals surface area contributed by atoms with E-state index in [1.165, 1.54) is 24.1 Å². The van der Waals surface area contributed by atoms with Crippen LogP contribution in [0.25, 0.3) is 0 Å².